The summed E-state index contributed by atoms with van der Waals surface area (Å²) in [7, 11) is 1.32. The number of carbonyl (C=O) groups excluding carboxylic acids is 5. The number of rotatable bonds is 9. The van der Waals surface area contributed by atoms with E-state index >= 15 is 0 Å². The average Bonchev–Trinajstić information content (AvgIpc) is 3.55. The van der Waals surface area contributed by atoms with Crippen molar-refractivity contribution in [3.05, 3.63) is 11.8 Å². The van der Waals surface area contributed by atoms with Crippen LogP contribution < -0.4 is 21.7 Å². The predicted molar refractivity (Wildman–Crippen MR) is 235 cm³/mol. The fraction of sp³-hybridized carbons (Fsp3) is 0.841. The van der Waals surface area contributed by atoms with Gasteiger partial charge in [0.2, 0.25) is 0 Å². The van der Waals surface area contributed by atoms with E-state index in [1.165, 1.54) is 18.9 Å². The Morgan fingerprint density at radius 2 is 1.36 bits per heavy atom. The molecular formula is C44H76N6O16. The molecule has 9 N–H and O–H groups in total. The average molecular weight is 945 g/mol. The number of aliphatic hydroxyl groups is 4. The maximum atomic E-state index is 14.3. The van der Waals surface area contributed by atoms with E-state index in [4.69, 9.17) is 38.9 Å². The van der Waals surface area contributed by atoms with Gasteiger partial charge in [0.1, 0.15) is 52.1 Å². The summed E-state index contributed by atoms with van der Waals surface area (Å²) in [6.45, 7) is 20.3. The van der Waals surface area contributed by atoms with Crippen LogP contribution in [0.15, 0.2) is 11.8 Å². The first kappa shape index (κ1) is 54.4. The second kappa shape index (κ2) is 20.2. The summed E-state index contributed by atoms with van der Waals surface area (Å²) in [4.78, 5) is 69.7. The number of carbonyl (C=O) groups is 5. The van der Waals surface area contributed by atoms with Gasteiger partial charge in [0, 0.05) is 32.0 Å². The molecule has 66 heavy (non-hydrogen) atoms. The third-order valence-corrected chi connectivity index (χ3v) is 11.2. The van der Waals surface area contributed by atoms with Crippen LogP contribution in [0.2, 0.25) is 0 Å². The lowest BCUT2D eigenvalue weighted by Crippen LogP contribution is -2.71. The number of nitrogens with one attached hydrogen (secondary N) is 3. The minimum Gasteiger partial charge on any atom is -0.491 e. The number of nitrogens with two attached hydrogens (primary N) is 1. The molecule has 3 heterocycles. The maximum Gasteiger partial charge on any atom is 0.410 e. The van der Waals surface area contributed by atoms with Crippen LogP contribution in [-0.2, 0) is 38.0 Å². The van der Waals surface area contributed by atoms with Crippen LogP contribution in [0.3, 0.4) is 0 Å². The Morgan fingerprint density at radius 1 is 0.818 bits per heavy atom. The largest absolute Gasteiger partial charge is 0.491 e. The highest BCUT2D eigenvalue weighted by atomic mass is 16.7. The molecule has 0 bridgehead atoms. The number of hydrogen-bond donors (Lipinski definition) is 8. The number of amides is 5. The van der Waals surface area contributed by atoms with Gasteiger partial charge in [-0.05, 0) is 109 Å². The van der Waals surface area contributed by atoms with Crippen LogP contribution in [0.1, 0.15) is 109 Å². The Hall–Kier alpha value is -4.19. The molecule has 5 amide bonds. The fourth-order valence-corrected chi connectivity index (χ4v) is 8.47. The van der Waals surface area contributed by atoms with E-state index in [2.05, 4.69) is 16.0 Å². The summed E-state index contributed by atoms with van der Waals surface area (Å²) >= 11 is 0. The van der Waals surface area contributed by atoms with Crippen molar-refractivity contribution in [2.75, 3.05) is 33.3 Å². The molecule has 4 aliphatic rings. The van der Waals surface area contributed by atoms with Crippen LogP contribution in [-0.4, -0.2) is 182 Å². The molecule has 2 unspecified atom stereocenters. The van der Waals surface area contributed by atoms with Crippen molar-refractivity contribution in [1.29, 1.82) is 0 Å². The highest BCUT2D eigenvalue weighted by Gasteiger charge is 2.57. The van der Waals surface area contributed by atoms with Crippen LogP contribution in [0, 0.1) is 5.92 Å². The predicted octanol–water partition coefficient (Wildman–Crippen LogP) is 1.73. The van der Waals surface area contributed by atoms with Crippen LogP contribution in [0.5, 0.6) is 0 Å². The molecule has 12 atom stereocenters. The molecule has 2 saturated heterocycles. The van der Waals surface area contributed by atoms with Gasteiger partial charge in [0.15, 0.2) is 11.9 Å². The van der Waals surface area contributed by atoms with E-state index in [0.29, 0.717) is 5.76 Å². The van der Waals surface area contributed by atoms with Gasteiger partial charge in [-0.1, -0.05) is 0 Å². The molecule has 0 aromatic heterocycles. The standard InChI is InChI=1S/C44H76N6O16/c1-39(2,3)63-35(54)47-24-16-15-23(20-45)61-30(24)27-25(48-36(55)64-40(4,5)6)19-26(46-34(53)44(59)17-18-50(21-44)38(57)66-42(10,11)12)31(28(27)51)62-33-29(52)32(43(13,58)22-60-33)49(14)37(56)65-41(7,8)9/h15,24-33,51-52,58-59H,16-22,45H2,1-14H3,(H,46,53)(H,47,54)(H,48,55)/t24-,25+,26-,27?,28+,29-,30+,31+,32-,33-,43+,44?/m1/s1. The van der Waals surface area contributed by atoms with Crippen molar-refractivity contribution in [3.63, 3.8) is 0 Å². The Labute approximate surface area is 387 Å². The van der Waals surface area contributed by atoms with Crippen molar-refractivity contribution in [3.8, 4) is 0 Å². The van der Waals surface area contributed by atoms with Gasteiger partial charge in [-0.15, -0.1) is 0 Å². The first-order valence-corrected chi connectivity index (χ1v) is 22.4. The normalized spacial score (nSPS) is 33.1. The topological polar surface area (TPSA) is 299 Å². The van der Waals surface area contributed by atoms with Crippen LogP contribution in [0.4, 0.5) is 19.2 Å². The highest BCUT2D eigenvalue weighted by molar-refractivity contribution is 5.87. The van der Waals surface area contributed by atoms with Gasteiger partial charge in [-0.2, -0.15) is 0 Å². The molecule has 378 valence electrons. The zero-order chi connectivity index (χ0) is 50.1. The maximum absolute atomic E-state index is 14.3. The lowest BCUT2D eigenvalue weighted by atomic mass is 9.72. The second-order valence-electron chi connectivity index (χ2n) is 21.9. The van der Waals surface area contributed by atoms with Crippen LogP contribution in [0.25, 0.3) is 0 Å². The van der Waals surface area contributed by atoms with E-state index in [-0.39, 0.29) is 32.4 Å². The molecule has 22 nitrogen and oxygen atoms in total. The Balaban J connectivity index is 1.81. The zero-order valence-corrected chi connectivity index (χ0v) is 41.0. The third kappa shape index (κ3) is 14.4. The minimum atomic E-state index is -2.16. The number of likely N-dealkylation sites (tertiary alicyclic amines) is 1. The summed E-state index contributed by atoms with van der Waals surface area (Å²) in [6.07, 6.45) is -10.0. The minimum absolute atomic E-state index is 0.0341. The Morgan fingerprint density at radius 3 is 1.89 bits per heavy atom. The summed E-state index contributed by atoms with van der Waals surface area (Å²) in [5.74, 6) is -1.89. The van der Waals surface area contributed by atoms with Gasteiger partial charge in [-0.25, -0.2) is 19.2 Å². The molecule has 0 radical (unpaired) electrons. The van der Waals surface area contributed by atoms with Gasteiger partial charge in [-0.3, -0.25) is 4.79 Å². The number of ether oxygens (including phenoxy) is 7. The first-order valence-electron chi connectivity index (χ1n) is 22.4. The second-order valence-corrected chi connectivity index (χ2v) is 21.9. The summed E-state index contributed by atoms with van der Waals surface area (Å²) in [5.41, 5.74) is -1.65. The number of hydrogen-bond acceptors (Lipinski definition) is 17. The number of aliphatic hydroxyl groups excluding tert-OH is 2. The van der Waals surface area contributed by atoms with Crippen molar-refractivity contribution in [2.24, 2.45) is 11.7 Å². The summed E-state index contributed by atoms with van der Waals surface area (Å²) in [6, 6.07) is -4.79. The van der Waals surface area contributed by atoms with E-state index in [1.54, 1.807) is 89.2 Å². The van der Waals surface area contributed by atoms with Gasteiger partial charge >= 0.3 is 24.4 Å². The van der Waals surface area contributed by atoms with Gasteiger partial charge < -0.3 is 85.1 Å². The number of likely N-dealkylation sites (N-methyl/N-ethyl adjacent to an activating group) is 1. The van der Waals surface area contributed by atoms with E-state index in [9.17, 15) is 44.4 Å². The lowest BCUT2D eigenvalue weighted by Gasteiger charge is -2.52. The van der Waals surface area contributed by atoms with Gasteiger partial charge in [0.25, 0.3) is 5.91 Å². The van der Waals surface area contributed by atoms with Crippen molar-refractivity contribution in [2.45, 2.75) is 198 Å². The molecular weight excluding hydrogens is 869 g/mol. The molecule has 0 spiro atoms. The first-order chi connectivity index (χ1) is 30.0. The van der Waals surface area contributed by atoms with E-state index in [0.717, 1.165) is 4.90 Å². The molecule has 22 heteroatoms. The Bertz CT molecular complexity index is 1790. The number of β-amino-alcohol motifs (C(OH)–C–C–N with tert-alkyl or cyclic N) is 1. The molecule has 4 rings (SSSR count). The SMILES string of the molecule is CN(C(=O)OC(C)(C)C)[C@@H]1[C@@H](O)[C@@H](O[C@H]2[C@H](NC(=O)C3(O)CCN(C(=O)OC(C)(C)C)C3)C[C@H](NC(=O)OC(C)(C)C)C([C@H]3OC(CN)=CC[C@H]3NC(=O)OC(C)(C)C)[C@@H]2O)OC[C@]1(C)O. The highest BCUT2D eigenvalue weighted by Crippen LogP contribution is 2.39. The third-order valence-electron chi connectivity index (χ3n) is 11.2. The smallest absolute Gasteiger partial charge is 0.410 e. The number of alkyl carbamates (subject to hydrolysis) is 2. The Kier molecular flexibility index (Phi) is 16.6. The summed E-state index contributed by atoms with van der Waals surface area (Å²) < 4.78 is 41.0. The van der Waals surface area contributed by atoms with Crippen LogP contribution >= 0.6 is 0 Å². The van der Waals surface area contributed by atoms with E-state index in [1.807, 2.05) is 0 Å². The quantitative estimate of drug-likeness (QED) is 0.153. The summed E-state index contributed by atoms with van der Waals surface area (Å²) in [5, 5.41) is 56.4. The monoisotopic (exact) mass is 945 g/mol. The van der Waals surface area contributed by atoms with Gasteiger partial charge in [0.05, 0.1) is 43.9 Å². The molecule has 0 aromatic rings. The van der Waals surface area contributed by atoms with Crippen molar-refractivity contribution in [1.82, 2.24) is 25.8 Å². The molecule has 0 aromatic carbocycles. The molecule has 1 saturated carbocycles. The molecule has 3 fully saturated rings. The van der Waals surface area contributed by atoms with Crippen molar-refractivity contribution >= 4 is 30.3 Å². The molecule has 1 aliphatic carbocycles. The lowest BCUT2D eigenvalue weighted by molar-refractivity contribution is -0.306. The molecule has 3 aliphatic heterocycles. The zero-order valence-electron chi connectivity index (χ0n) is 41.0. The van der Waals surface area contributed by atoms with E-state index < -0.39 is 138 Å². The van der Waals surface area contributed by atoms with Crippen molar-refractivity contribution < 1.29 is 77.6 Å². The fourth-order valence-electron chi connectivity index (χ4n) is 8.47. The number of nitrogens with zero attached hydrogens (tertiary/aromatic N) is 2.